The molecule has 0 saturated heterocycles. The number of hydrogen-bond acceptors (Lipinski definition) is 5. The first-order valence-electron chi connectivity index (χ1n) is 10.2. The number of benzene rings is 2. The van der Waals surface area contributed by atoms with Gasteiger partial charge < -0.3 is 9.47 Å². The molecule has 2 aromatic carbocycles. The van der Waals surface area contributed by atoms with Gasteiger partial charge >= 0.3 is 5.97 Å². The largest absolute Gasteiger partial charge is 0.493 e. The van der Waals surface area contributed by atoms with Gasteiger partial charge in [0.2, 0.25) is 0 Å². The monoisotopic (exact) mass is 410 g/mol. The first-order chi connectivity index (χ1) is 14.6. The van der Waals surface area contributed by atoms with Crippen LogP contribution in [0.4, 0.5) is 4.39 Å². The van der Waals surface area contributed by atoms with Crippen molar-refractivity contribution in [3.05, 3.63) is 70.5 Å². The van der Waals surface area contributed by atoms with Crippen molar-refractivity contribution < 1.29 is 18.7 Å². The number of ether oxygens (including phenoxy) is 2. The van der Waals surface area contributed by atoms with Crippen molar-refractivity contribution in [2.45, 2.75) is 38.1 Å². The van der Waals surface area contributed by atoms with Crippen molar-refractivity contribution in [2.75, 3.05) is 13.2 Å². The van der Waals surface area contributed by atoms with Gasteiger partial charge in [-0.15, -0.1) is 0 Å². The fraction of sp³-hybridized carbons (Fsp3) is 0.348. The molecule has 30 heavy (non-hydrogen) atoms. The smallest absolute Gasteiger partial charge is 0.306 e. The third kappa shape index (κ3) is 4.84. The molecule has 1 heterocycles. The summed E-state index contributed by atoms with van der Waals surface area (Å²) >= 11 is 0. The molecule has 0 unspecified atom stereocenters. The molecule has 1 saturated carbocycles. The van der Waals surface area contributed by atoms with Crippen molar-refractivity contribution in [3.63, 3.8) is 0 Å². The summed E-state index contributed by atoms with van der Waals surface area (Å²) in [4.78, 5) is 29.6. The Kier molecular flexibility index (Phi) is 6.07. The number of fused-ring (bicyclic) bond motifs is 1. The number of aromatic nitrogens is 2. The van der Waals surface area contributed by atoms with Crippen LogP contribution in [0, 0.1) is 5.82 Å². The lowest BCUT2D eigenvalue weighted by atomic mass is 10.2. The highest BCUT2D eigenvalue weighted by Crippen LogP contribution is 2.34. The maximum absolute atomic E-state index is 12.8. The van der Waals surface area contributed by atoms with Gasteiger partial charge in [0.05, 0.1) is 30.5 Å². The number of para-hydroxylation sites is 1. The van der Waals surface area contributed by atoms with E-state index in [-0.39, 0.29) is 36.4 Å². The van der Waals surface area contributed by atoms with Crippen LogP contribution in [0.15, 0.2) is 53.3 Å². The number of carbonyl (C=O) groups is 1. The summed E-state index contributed by atoms with van der Waals surface area (Å²) in [7, 11) is 0. The van der Waals surface area contributed by atoms with Gasteiger partial charge in [0.15, 0.2) is 0 Å². The minimum absolute atomic E-state index is 0.0376. The molecule has 1 fully saturated rings. The summed E-state index contributed by atoms with van der Waals surface area (Å²) in [5.41, 5.74) is 0.616. The molecule has 6 nitrogen and oxygen atoms in total. The van der Waals surface area contributed by atoms with E-state index in [1.165, 1.54) is 12.1 Å². The second kappa shape index (κ2) is 9.07. The van der Waals surface area contributed by atoms with Gasteiger partial charge in [0, 0.05) is 18.9 Å². The minimum Gasteiger partial charge on any atom is -0.493 e. The number of aryl methyl sites for hydroxylation is 1. The summed E-state index contributed by atoms with van der Waals surface area (Å²) in [6.45, 7) is 0.604. The predicted molar refractivity (Wildman–Crippen MR) is 110 cm³/mol. The van der Waals surface area contributed by atoms with Gasteiger partial charge in [-0.1, -0.05) is 12.1 Å². The van der Waals surface area contributed by atoms with Crippen LogP contribution in [0.1, 0.15) is 37.5 Å². The van der Waals surface area contributed by atoms with E-state index < -0.39 is 0 Å². The standard InChI is InChI=1S/C23H23FN2O4/c24-16-6-10-18(11-7-16)29-14-3-15-30-22(27)13-12-21-25-20-5-2-1-4-19(20)23(28)26(21)17-8-9-17/h1-2,4-7,10-11,17H,3,8-9,12-15H2. The van der Waals surface area contributed by atoms with Gasteiger partial charge in [-0.25, -0.2) is 9.37 Å². The van der Waals surface area contributed by atoms with E-state index in [0.29, 0.717) is 41.9 Å². The fourth-order valence-corrected chi connectivity index (χ4v) is 3.33. The third-order valence-electron chi connectivity index (χ3n) is 4.98. The summed E-state index contributed by atoms with van der Waals surface area (Å²) in [5.74, 6) is 0.562. The predicted octanol–water partition coefficient (Wildman–Crippen LogP) is 3.82. The van der Waals surface area contributed by atoms with E-state index in [1.54, 1.807) is 22.8 Å². The summed E-state index contributed by atoms with van der Waals surface area (Å²) in [5, 5.41) is 0.608. The molecule has 0 spiro atoms. The Morgan fingerprint density at radius 1 is 1.10 bits per heavy atom. The molecule has 4 rings (SSSR count). The first-order valence-corrected chi connectivity index (χ1v) is 10.2. The molecule has 1 aromatic heterocycles. The van der Waals surface area contributed by atoms with Gasteiger partial charge in [0.1, 0.15) is 17.4 Å². The first kappa shape index (κ1) is 20.1. The van der Waals surface area contributed by atoms with Crippen LogP contribution < -0.4 is 10.3 Å². The Labute approximate surface area is 173 Å². The van der Waals surface area contributed by atoms with Crippen LogP contribution in [0.5, 0.6) is 5.75 Å². The zero-order valence-electron chi connectivity index (χ0n) is 16.6. The molecule has 3 aromatic rings. The van der Waals surface area contributed by atoms with Crippen molar-refractivity contribution in [2.24, 2.45) is 0 Å². The zero-order valence-corrected chi connectivity index (χ0v) is 16.6. The quantitative estimate of drug-likeness (QED) is 0.396. The zero-order chi connectivity index (χ0) is 20.9. The number of carbonyl (C=O) groups excluding carboxylic acids is 1. The summed E-state index contributed by atoms with van der Waals surface area (Å²) in [6, 6.07) is 13.2. The highest BCUT2D eigenvalue weighted by Gasteiger charge is 2.28. The second-order valence-electron chi connectivity index (χ2n) is 7.33. The van der Waals surface area contributed by atoms with Crippen molar-refractivity contribution >= 4 is 16.9 Å². The molecule has 0 N–H and O–H groups in total. The van der Waals surface area contributed by atoms with Crippen molar-refractivity contribution in [1.29, 1.82) is 0 Å². The topological polar surface area (TPSA) is 70.4 Å². The minimum atomic E-state index is -0.332. The molecule has 156 valence electrons. The molecule has 1 aliphatic carbocycles. The Morgan fingerprint density at radius 3 is 2.63 bits per heavy atom. The van der Waals surface area contributed by atoms with Gasteiger partial charge in [-0.05, 0) is 49.2 Å². The SMILES string of the molecule is O=C(CCc1nc2ccccc2c(=O)n1C1CC1)OCCCOc1ccc(F)cc1. The normalized spacial score (nSPS) is 13.4. The van der Waals surface area contributed by atoms with E-state index in [0.717, 1.165) is 12.8 Å². The van der Waals surface area contributed by atoms with Gasteiger partial charge in [0.25, 0.3) is 5.56 Å². The Morgan fingerprint density at radius 2 is 1.87 bits per heavy atom. The Balaban J connectivity index is 1.27. The van der Waals surface area contributed by atoms with E-state index in [2.05, 4.69) is 4.98 Å². The fourth-order valence-electron chi connectivity index (χ4n) is 3.33. The molecule has 0 amide bonds. The Hall–Kier alpha value is -3.22. The van der Waals surface area contributed by atoms with E-state index in [1.807, 2.05) is 18.2 Å². The van der Waals surface area contributed by atoms with Crippen molar-refractivity contribution in [1.82, 2.24) is 9.55 Å². The Bertz CT molecular complexity index is 1090. The maximum atomic E-state index is 12.8. The average Bonchev–Trinajstić information content (AvgIpc) is 3.58. The van der Waals surface area contributed by atoms with E-state index in [9.17, 15) is 14.0 Å². The average molecular weight is 410 g/mol. The van der Waals surface area contributed by atoms with Crippen LogP contribution in [0.3, 0.4) is 0 Å². The van der Waals surface area contributed by atoms with Crippen molar-refractivity contribution in [3.8, 4) is 5.75 Å². The van der Waals surface area contributed by atoms with Gasteiger partial charge in [-0.3, -0.25) is 14.2 Å². The van der Waals surface area contributed by atoms with Gasteiger partial charge in [-0.2, -0.15) is 0 Å². The molecule has 1 aliphatic rings. The number of hydrogen-bond donors (Lipinski definition) is 0. The number of esters is 1. The number of nitrogens with zero attached hydrogens (tertiary/aromatic N) is 2. The van der Waals surface area contributed by atoms with Crippen LogP contribution in [0.2, 0.25) is 0 Å². The molecule has 0 bridgehead atoms. The molecule has 0 atom stereocenters. The maximum Gasteiger partial charge on any atom is 0.306 e. The van der Waals surface area contributed by atoms with Crippen LogP contribution in [-0.2, 0) is 16.0 Å². The van der Waals surface area contributed by atoms with Crippen LogP contribution in [-0.4, -0.2) is 28.7 Å². The van der Waals surface area contributed by atoms with E-state index in [4.69, 9.17) is 9.47 Å². The lowest BCUT2D eigenvalue weighted by molar-refractivity contribution is -0.143. The van der Waals surface area contributed by atoms with E-state index >= 15 is 0 Å². The lowest BCUT2D eigenvalue weighted by Crippen LogP contribution is -2.25. The highest BCUT2D eigenvalue weighted by molar-refractivity contribution is 5.77. The van der Waals surface area contributed by atoms with Crippen LogP contribution in [0.25, 0.3) is 10.9 Å². The lowest BCUT2D eigenvalue weighted by Gasteiger charge is -2.12. The highest BCUT2D eigenvalue weighted by atomic mass is 19.1. The number of rotatable bonds is 9. The second-order valence-corrected chi connectivity index (χ2v) is 7.33. The number of halogens is 1. The third-order valence-corrected chi connectivity index (χ3v) is 4.98. The summed E-state index contributed by atoms with van der Waals surface area (Å²) in [6.07, 6.45) is 2.98. The molecular weight excluding hydrogens is 387 g/mol. The van der Waals surface area contributed by atoms with Crippen LogP contribution >= 0.6 is 0 Å². The summed E-state index contributed by atoms with van der Waals surface area (Å²) < 4.78 is 25.3. The molecule has 7 heteroatoms. The molecular formula is C23H23FN2O4. The molecule has 0 aliphatic heterocycles. The molecule has 0 radical (unpaired) electrons.